The summed E-state index contributed by atoms with van der Waals surface area (Å²) in [7, 11) is 1.55. The third-order valence-electron chi connectivity index (χ3n) is 4.69. The number of carbonyl (C=O) groups is 2. The van der Waals surface area contributed by atoms with Crippen molar-refractivity contribution in [1.82, 2.24) is 4.90 Å². The number of aliphatic hydroxyl groups is 1. The van der Waals surface area contributed by atoms with Gasteiger partial charge in [-0.15, -0.1) is 0 Å². The van der Waals surface area contributed by atoms with Gasteiger partial charge in [0.25, 0.3) is 11.7 Å². The van der Waals surface area contributed by atoms with Crippen LogP contribution in [0, 0.1) is 0 Å². The van der Waals surface area contributed by atoms with Crippen LogP contribution in [0.25, 0.3) is 5.76 Å². The number of ketones is 1. The number of phenols is 1. The molecule has 1 saturated heterocycles. The van der Waals surface area contributed by atoms with Crippen LogP contribution in [-0.4, -0.2) is 47.1 Å². The molecule has 1 unspecified atom stereocenters. The zero-order chi connectivity index (χ0) is 21.1. The predicted octanol–water partition coefficient (Wildman–Crippen LogP) is 4.16. The molecule has 29 heavy (non-hydrogen) atoms. The number of halogens is 2. The fourth-order valence-electron chi connectivity index (χ4n) is 3.29. The number of ether oxygens (including phenoxy) is 1. The summed E-state index contributed by atoms with van der Waals surface area (Å²) < 4.78 is 5.04. The highest BCUT2D eigenvalue weighted by Crippen LogP contribution is 2.41. The normalized spacial score (nSPS) is 18.4. The smallest absolute Gasteiger partial charge is 0.295 e. The molecule has 2 aromatic carbocycles. The molecule has 1 aliphatic heterocycles. The molecule has 1 atom stereocenters. The van der Waals surface area contributed by atoms with Gasteiger partial charge in [-0.05, 0) is 48.4 Å². The first-order chi connectivity index (χ1) is 13.8. The van der Waals surface area contributed by atoms with Gasteiger partial charge in [0, 0.05) is 30.8 Å². The van der Waals surface area contributed by atoms with Crippen molar-refractivity contribution in [2.45, 2.75) is 12.5 Å². The summed E-state index contributed by atoms with van der Waals surface area (Å²) in [5, 5.41) is 21.2. The average Bonchev–Trinajstić information content (AvgIpc) is 2.95. The quantitative estimate of drug-likeness (QED) is 0.308. The number of carbonyl (C=O) groups excluding carboxylic acids is 2. The Bertz CT molecular complexity index is 972. The van der Waals surface area contributed by atoms with Crippen LogP contribution in [0.2, 0.25) is 10.0 Å². The van der Waals surface area contributed by atoms with E-state index in [2.05, 4.69) is 0 Å². The Hall–Kier alpha value is -2.54. The number of rotatable bonds is 6. The van der Waals surface area contributed by atoms with Crippen molar-refractivity contribution in [2.24, 2.45) is 0 Å². The Labute approximate surface area is 177 Å². The molecule has 0 saturated carbocycles. The number of Topliss-reactive ketones (excluding diaryl/α,β-unsaturated/α-hetero) is 1. The van der Waals surface area contributed by atoms with Crippen LogP contribution in [0.15, 0.2) is 48.0 Å². The molecule has 0 bridgehead atoms. The number of aromatic hydroxyl groups is 1. The molecule has 0 spiro atoms. The highest BCUT2D eigenvalue weighted by molar-refractivity contribution is 6.46. The minimum absolute atomic E-state index is 0.0449. The van der Waals surface area contributed by atoms with Gasteiger partial charge in [-0.2, -0.15) is 0 Å². The van der Waals surface area contributed by atoms with Gasteiger partial charge in [-0.3, -0.25) is 9.59 Å². The minimum atomic E-state index is -0.847. The van der Waals surface area contributed by atoms with E-state index in [1.165, 1.54) is 17.0 Å². The molecule has 8 heteroatoms. The van der Waals surface area contributed by atoms with E-state index >= 15 is 0 Å². The molecule has 1 amide bonds. The second-order valence-electron chi connectivity index (χ2n) is 6.56. The van der Waals surface area contributed by atoms with Gasteiger partial charge in [0.1, 0.15) is 11.5 Å². The highest BCUT2D eigenvalue weighted by atomic mass is 35.5. The highest BCUT2D eigenvalue weighted by Gasteiger charge is 2.45. The van der Waals surface area contributed by atoms with Crippen molar-refractivity contribution in [3.8, 4) is 5.75 Å². The Morgan fingerprint density at radius 3 is 2.45 bits per heavy atom. The second-order valence-corrected chi connectivity index (χ2v) is 7.40. The molecule has 2 N–H and O–H groups in total. The Morgan fingerprint density at radius 1 is 1.14 bits per heavy atom. The van der Waals surface area contributed by atoms with Crippen molar-refractivity contribution >= 4 is 40.7 Å². The van der Waals surface area contributed by atoms with E-state index in [9.17, 15) is 19.8 Å². The number of likely N-dealkylation sites (tertiary alicyclic amines) is 1. The first-order valence-corrected chi connectivity index (χ1v) is 9.62. The Morgan fingerprint density at radius 2 is 1.83 bits per heavy atom. The van der Waals surface area contributed by atoms with Crippen molar-refractivity contribution in [3.63, 3.8) is 0 Å². The fourth-order valence-corrected chi connectivity index (χ4v) is 3.61. The van der Waals surface area contributed by atoms with E-state index in [4.69, 9.17) is 27.9 Å². The van der Waals surface area contributed by atoms with Crippen molar-refractivity contribution < 1.29 is 24.5 Å². The van der Waals surface area contributed by atoms with E-state index in [1.54, 1.807) is 37.4 Å². The first-order valence-electron chi connectivity index (χ1n) is 8.87. The third-order valence-corrected chi connectivity index (χ3v) is 5.25. The second kappa shape index (κ2) is 8.86. The van der Waals surface area contributed by atoms with Crippen LogP contribution in [-0.2, 0) is 14.3 Å². The number of hydrogen-bond acceptors (Lipinski definition) is 5. The largest absolute Gasteiger partial charge is 0.507 e. The minimum Gasteiger partial charge on any atom is -0.507 e. The topological polar surface area (TPSA) is 87.1 Å². The summed E-state index contributed by atoms with van der Waals surface area (Å²) >= 11 is 12.0. The van der Waals surface area contributed by atoms with Crippen molar-refractivity contribution in [1.29, 1.82) is 0 Å². The SMILES string of the molecule is COCCCN1C(=O)C(=O)/C(=C(\O)c2ccc(Cl)cc2)C1c1ccc(O)c(Cl)c1. The number of benzene rings is 2. The van der Waals surface area contributed by atoms with Gasteiger partial charge < -0.3 is 19.8 Å². The predicted molar refractivity (Wildman–Crippen MR) is 110 cm³/mol. The summed E-state index contributed by atoms with van der Waals surface area (Å²) in [5.74, 6) is -1.93. The molecule has 1 aliphatic rings. The lowest BCUT2D eigenvalue weighted by Gasteiger charge is -2.25. The lowest BCUT2D eigenvalue weighted by Crippen LogP contribution is -2.31. The number of aliphatic hydroxyl groups excluding tert-OH is 1. The molecule has 0 aromatic heterocycles. The molecule has 1 fully saturated rings. The van der Waals surface area contributed by atoms with Crippen LogP contribution < -0.4 is 0 Å². The lowest BCUT2D eigenvalue weighted by atomic mass is 9.95. The Kier molecular flexibility index (Phi) is 6.47. The molecule has 2 aromatic rings. The van der Waals surface area contributed by atoms with Gasteiger partial charge in [0.15, 0.2) is 0 Å². The number of amides is 1. The number of methoxy groups -OCH3 is 1. The molecule has 0 aliphatic carbocycles. The van der Waals surface area contributed by atoms with Gasteiger partial charge >= 0.3 is 0 Å². The van der Waals surface area contributed by atoms with Gasteiger partial charge in [0.05, 0.1) is 16.6 Å². The van der Waals surface area contributed by atoms with Crippen LogP contribution >= 0.6 is 23.2 Å². The molecule has 1 heterocycles. The maximum Gasteiger partial charge on any atom is 0.295 e. The van der Waals surface area contributed by atoms with Gasteiger partial charge in [0.2, 0.25) is 0 Å². The molecule has 0 radical (unpaired) electrons. The fraction of sp³-hybridized carbons (Fsp3) is 0.238. The number of phenolic OH excluding ortho intramolecular Hbond substituents is 1. The first kappa shape index (κ1) is 21.2. The van der Waals surface area contributed by atoms with Crippen LogP contribution in [0.1, 0.15) is 23.6 Å². The van der Waals surface area contributed by atoms with Gasteiger partial charge in [-0.1, -0.05) is 29.3 Å². The van der Waals surface area contributed by atoms with E-state index in [0.717, 1.165) is 0 Å². The molecule has 6 nitrogen and oxygen atoms in total. The van der Waals surface area contributed by atoms with Gasteiger partial charge in [-0.25, -0.2) is 0 Å². The number of nitrogens with zero attached hydrogens (tertiary/aromatic N) is 1. The molecular formula is C21H19Cl2NO5. The van der Waals surface area contributed by atoms with E-state index < -0.39 is 17.7 Å². The standard InChI is InChI=1S/C21H19Cl2NO5/c1-29-10-2-9-24-18(13-5-8-16(25)15(23)11-13)17(20(27)21(24)28)19(26)12-3-6-14(22)7-4-12/h3-8,11,18,25-26H,2,9-10H2,1H3/b19-17-. The average molecular weight is 436 g/mol. The van der Waals surface area contributed by atoms with Crippen molar-refractivity contribution in [2.75, 3.05) is 20.3 Å². The van der Waals surface area contributed by atoms with E-state index in [-0.39, 0.29) is 28.6 Å². The molecule has 3 rings (SSSR count). The summed E-state index contributed by atoms with van der Waals surface area (Å²) in [5.41, 5.74) is 0.815. The lowest BCUT2D eigenvalue weighted by molar-refractivity contribution is -0.140. The summed E-state index contributed by atoms with van der Waals surface area (Å²) in [6.45, 7) is 0.655. The number of hydrogen-bond donors (Lipinski definition) is 2. The summed E-state index contributed by atoms with van der Waals surface area (Å²) in [6.07, 6.45) is 0.507. The van der Waals surface area contributed by atoms with E-state index in [1.807, 2.05) is 0 Å². The van der Waals surface area contributed by atoms with Crippen LogP contribution in [0.4, 0.5) is 0 Å². The maximum absolute atomic E-state index is 12.8. The zero-order valence-corrected chi connectivity index (χ0v) is 17.1. The molecular weight excluding hydrogens is 417 g/mol. The summed E-state index contributed by atoms with van der Waals surface area (Å²) in [6, 6.07) is 9.88. The Balaban J connectivity index is 2.14. The summed E-state index contributed by atoms with van der Waals surface area (Å²) in [4.78, 5) is 26.9. The van der Waals surface area contributed by atoms with Crippen molar-refractivity contribution in [3.05, 3.63) is 69.2 Å². The molecule has 152 valence electrons. The third kappa shape index (κ3) is 4.24. The van der Waals surface area contributed by atoms with Crippen LogP contribution in [0.3, 0.4) is 0 Å². The maximum atomic E-state index is 12.8. The zero-order valence-electron chi connectivity index (χ0n) is 15.6. The van der Waals surface area contributed by atoms with E-state index in [0.29, 0.717) is 29.2 Å². The monoisotopic (exact) mass is 435 g/mol. The van der Waals surface area contributed by atoms with Crippen LogP contribution in [0.5, 0.6) is 5.75 Å².